The molecule has 0 bridgehead atoms. The lowest BCUT2D eigenvalue weighted by Crippen LogP contribution is -2.13. The maximum absolute atomic E-state index is 7.82. The number of halogens is 1. The van der Waals surface area contributed by atoms with E-state index in [1.165, 1.54) is 12.0 Å². The lowest BCUT2D eigenvalue weighted by Gasteiger charge is -2.13. The Morgan fingerprint density at radius 2 is 2.00 bits per heavy atom. The molecule has 2 unspecified atom stereocenters. The standard InChI is InChI=1S/C14H19NO.ClH/c1-2-16-14(15)13-9-8-12(10-13)11-6-4-3-5-7-11;/h3-7,12-13,15H,2,8-10H2,1H3;1H. The molecule has 0 heterocycles. The molecule has 1 N–H and O–H groups in total. The Labute approximate surface area is 109 Å². The van der Waals surface area contributed by atoms with Crippen molar-refractivity contribution in [2.45, 2.75) is 32.1 Å². The van der Waals surface area contributed by atoms with E-state index in [0.29, 0.717) is 24.3 Å². The molecular weight excluding hydrogens is 234 g/mol. The summed E-state index contributed by atoms with van der Waals surface area (Å²) in [4.78, 5) is 0. The summed E-state index contributed by atoms with van der Waals surface area (Å²) >= 11 is 0. The molecule has 1 saturated carbocycles. The summed E-state index contributed by atoms with van der Waals surface area (Å²) in [5, 5.41) is 7.82. The highest BCUT2D eigenvalue weighted by Gasteiger charge is 2.29. The first-order valence-electron chi connectivity index (χ1n) is 6.07. The summed E-state index contributed by atoms with van der Waals surface area (Å²) in [6.45, 7) is 2.56. The van der Waals surface area contributed by atoms with Crippen molar-refractivity contribution in [2.24, 2.45) is 5.92 Å². The normalized spacial score (nSPS) is 22.9. The molecule has 0 amide bonds. The van der Waals surface area contributed by atoms with Crippen LogP contribution in [0.5, 0.6) is 0 Å². The third-order valence-corrected chi connectivity index (χ3v) is 3.37. The van der Waals surface area contributed by atoms with Gasteiger partial charge in [0.1, 0.15) is 0 Å². The van der Waals surface area contributed by atoms with Gasteiger partial charge in [0.2, 0.25) is 0 Å². The third-order valence-electron chi connectivity index (χ3n) is 3.37. The van der Waals surface area contributed by atoms with Gasteiger partial charge in [-0.05, 0) is 37.7 Å². The van der Waals surface area contributed by atoms with Crippen molar-refractivity contribution in [3.63, 3.8) is 0 Å². The van der Waals surface area contributed by atoms with E-state index in [-0.39, 0.29) is 12.4 Å². The molecule has 1 aromatic carbocycles. The fourth-order valence-electron chi connectivity index (χ4n) is 2.52. The lowest BCUT2D eigenvalue weighted by atomic mass is 9.96. The molecule has 2 rings (SSSR count). The highest BCUT2D eigenvalue weighted by atomic mass is 35.5. The zero-order valence-electron chi connectivity index (χ0n) is 10.2. The van der Waals surface area contributed by atoms with Crippen molar-refractivity contribution in [3.8, 4) is 0 Å². The van der Waals surface area contributed by atoms with Crippen LogP contribution in [-0.4, -0.2) is 12.5 Å². The minimum absolute atomic E-state index is 0. The van der Waals surface area contributed by atoms with Gasteiger partial charge in [0.15, 0.2) is 5.90 Å². The van der Waals surface area contributed by atoms with Crippen molar-refractivity contribution >= 4 is 18.3 Å². The number of nitrogens with one attached hydrogen (secondary N) is 1. The molecule has 0 radical (unpaired) electrons. The Hall–Kier alpha value is -1.02. The minimum atomic E-state index is 0. The Bertz CT molecular complexity index is 352. The van der Waals surface area contributed by atoms with E-state index in [9.17, 15) is 0 Å². The zero-order chi connectivity index (χ0) is 11.4. The quantitative estimate of drug-likeness (QED) is 0.641. The number of hydrogen-bond acceptors (Lipinski definition) is 2. The van der Waals surface area contributed by atoms with Crippen LogP contribution in [0.3, 0.4) is 0 Å². The van der Waals surface area contributed by atoms with E-state index in [0.717, 1.165) is 12.8 Å². The number of ether oxygens (including phenoxy) is 1. The largest absolute Gasteiger partial charge is 0.481 e. The summed E-state index contributed by atoms with van der Waals surface area (Å²) in [5.41, 5.74) is 1.41. The average molecular weight is 254 g/mol. The van der Waals surface area contributed by atoms with Crippen molar-refractivity contribution in [3.05, 3.63) is 35.9 Å². The van der Waals surface area contributed by atoms with Crippen LogP contribution in [-0.2, 0) is 4.74 Å². The van der Waals surface area contributed by atoms with E-state index < -0.39 is 0 Å². The molecule has 17 heavy (non-hydrogen) atoms. The van der Waals surface area contributed by atoms with E-state index in [4.69, 9.17) is 10.1 Å². The molecule has 0 spiro atoms. The maximum atomic E-state index is 7.82. The summed E-state index contributed by atoms with van der Waals surface area (Å²) in [6.07, 6.45) is 3.35. The highest BCUT2D eigenvalue weighted by Crippen LogP contribution is 2.38. The van der Waals surface area contributed by atoms with Gasteiger partial charge in [-0.3, -0.25) is 5.41 Å². The predicted octanol–water partition coefficient (Wildman–Crippen LogP) is 4.01. The van der Waals surface area contributed by atoms with Gasteiger partial charge >= 0.3 is 0 Å². The third kappa shape index (κ3) is 3.47. The first kappa shape index (κ1) is 14.0. The van der Waals surface area contributed by atoms with Crippen LogP contribution >= 0.6 is 12.4 Å². The molecule has 1 aliphatic rings. The summed E-state index contributed by atoms with van der Waals surface area (Å²) in [7, 11) is 0. The molecule has 0 aromatic heterocycles. The van der Waals surface area contributed by atoms with Gasteiger partial charge in [0.05, 0.1) is 6.61 Å². The second kappa shape index (κ2) is 6.65. The number of hydrogen-bond donors (Lipinski definition) is 1. The van der Waals surface area contributed by atoms with Gasteiger partial charge in [0, 0.05) is 5.92 Å². The molecule has 3 heteroatoms. The monoisotopic (exact) mass is 253 g/mol. The second-order valence-corrected chi connectivity index (χ2v) is 4.41. The molecule has 2 nitrogen and oxygen atoms in total. The molecule has 0 saturated heterocycles. The van der Waals surface area contributed by atoms with Gasteiger partial charge in [-0.2, -0.15) is 0 Å². The fraction of sp³-hybridized carbons (Fsp3) is 0.500. The smallest absolute Gasteiger partial charge is 0.183 e. The minimum Gasteiger partial charge on any atom is -0.481 e. The summed E-state index contributed by atoms with van der Waals surface area (Å²) in [5.74, 6) is 1.44. The summed E-state index contributed by atoms with van der Waals surface area (Å²) in [6, 6.07) is 10.6. The molecule has 0 aliphatic heterocycles. The number of benzene rings is 1. The molecule has 1 aliphatic carbocycles. The first-order chi connectivity index (χ1) is 7.81. The van der Waals surface area contributed by atoms with Crippen molar-refractivity contribution in [2.75, 3.05) is 6.61 Å². The van der Waals surface area contributed by atoms with Crippen LogP contribution in [0.15, 0.2) is 30.3 Å². The van der Waals surface area contributed by atoms with Gasteiger partial charge in [-0.1, -0.05) is 30.3 Å². The topological polar surface area (TPSA) is 33.1 Å². The zero-order valence-corrected chi connectivity index (χ0v) is 11.0. The van der Waals surface area contributed by atoms with E-state index >= 15 is 0 Å². The number of rotatable bonds is 3. The Morgan fingerprint density at radius 3 is 2.65 bits per heavy atom. The van der Waals surface area contributed by atoms with E-state index in [1.807, 2.05) is 6.92 Å². The molecule has 94 valence electrons. The van der Waals surface area contributed by atoms with Crippen LogP contribution < -0.4 is 0 Å². The van der Waals surface area contributed by atoms with Crippen LogP contribution in [0.1, 0.15) is 37.7 Å². The van der Waals surface area contributed by atoms with E-state index in [2.05, 4.69) is 30.3 Å². The second-order valence-electron chi connectivity index (χ2n) is 4.41. The van der Waals surface area contributed by atoms with Crippen molar-refractivity contribution in [1.82, 2.24) is 0 Å². The van der Waals surface area contributed by atoms with E-state index in [1.54, 1.807) is 0 Å². The van der Waals surface area contributed by atoms with Gasteiger partial charge in [0.25, 0.3) is 0 Å². The SMILES string of the molecule is CCOC(=N)C1CCC(c2ccccc2)C1.Cl. The first-order valence-corrected chi connectivity index (χ1v) is 6.07. The Morgan fingerprint density at radius 1 is 1.29 bits per heavy atom. The Balaban J connectivity index is 0.00000144. The van der Waals surface area contributed by atoms with Crippen LogP contribution in [0, 0.1) is 11.3 Å². The molecular formula is C14H20ClNO. The van der Waals surface area contributed by atoms with Crippen LogP contribution in [0.4, 0.5) is 0 Å². The molecule has 1 fully saturated rings. The predicted molar refractivity (Wildman–Crippen MR) is 73.1 cm³/mol. The van der Waals surface area contributed by atoms with Gasteiger partial charge in [-0.15, -0.1) is 12.4 Å². The summed E-state index contributed by atoms with van der Waals surface area (Å²) < 4.78 is 5.29. The molecule has 1 aromatic rings. The van der Waals surface area contributed by atoms with Crippen LogP contribution in [0.25, 0.3) is 0 Å². The lowest BCUT2D eigenvalue weighted by molar-refractivity contribution is 0.296. The molecule has 2 atom stereocenters. The Kier molecular flexibility index (Phi) is 5.49. The fourth-order valence-corrected chi connectivity index (χ4v) is 2.52. The van der Waals surface area contributed by atoms with Gasteiger partial charge < -0.3 is 4.74 Å². The van der Waals surface area contributed by atoms with Gasteiger partial charge in [-0.25, -0.2) is 0 Å². The average Bonchev–Trinajstić information content (AvgIpc) is 2.80. The van der Waals surface area contributed by atoms with Crippen molar-refractivity contribution in [1.29, 1.82) is 5.41 Å². The van der Waals surface area contributed by atoms with Crippen LogP contribution in [0.2, 0.25) is 0 Å². The highest BCUT2D eigenvalue weighted by molar-refractivity contribution is 5.85. The maximum Gasteiger partial charge on any atom is 0.183 e. The van der Waals surface area contributed by atoms with Crippen molar-refractivity contribution < 1.29 is 4.74 Å².